The number of benzene rings is 5. The van der Waals surface area contributed by atoms with Crippen LogP contribution in [0.5, 0.6) is 17.2 Å². The fraction of sp³-hybridized carbons (Fsp3) is 0.397. The molecule has 0 bridgehead atoms. The maximum absolute atomic E-state index is 14.2. The van der Waals surface area contributed by atoms with Crippen LogP contribution in [0.2, 0.25) is 0 Å². The molecule has 0 aromatic heterocycles. The molecule has 1 unspecified atom stereocenters. The highest BCUT2D eigenvalue weighted by Gasteiger charge is 2.39. The first-order valence-electron chi connectivity index (χ1n) is 25.7. The number of nitrogens with zero attached hydrogens (tertiary/aromatic N) is 3. The highest BCUT2D eigenvalue weighted by Crippen LogP contribution is 2.43. The normalized spacial score (nSPS) is 17.0. The predicted octanol–water partition coefficient (Wildman–Crippen LogP) is 9.28. The van der Waals surface area contributed by atoms with E-state index in [-0.39, 0.29) is 67.2 Å². The summed E-state index contributed by atoms with van der Waals surface area (Å²) in [5, 5.41) is 4.74. The van der Waals surface area contributed by atoms with Crippen LogP contribution in [0.3, 0.4) is 0 Å². The van der Waals surface area contributed by atoms with Crippen molar-refractivity contribution >= 4 is 84.2 Å². The Morgan fingerprint density at radius 2 is 1.51 bits per heavy atom. The van der Waals surface area contributed by atoms with E-state index < -0.39 is 21.2 Å². The first-order chi connectivity index (χ1) is 36.5. The Bertz CT molecular complexity index is 3220. The number of carbonyl (C=O) groups is 4. The van der Waals surface area contributed by atoms with Gasteiger partial charge in [0.15, 0.2) is 17.3 Å². The van der Waals surface area contributed by atoms with Gasteiger partial charge in [-0.3, -0.25) is 23.4 Å². The molecule has 15 nitrogen and oxygen atoms in total. The van der Waals surface area contributed by atoms with Crippen LogP contribution >= 0.6 is 21.6 Å². The van der Waals surface area contributed by atoms with Crippen molar-refractivity contribution in [3.63, 3.8) is 0 Å². The monoisotopic (exact) mass is 1090 g/mol. The molecule has 5 aromatic rings. The fourth-order valence-corrected chi connectivity index (χ4v) is 14.3. The molecule has 76 heavy (non-hydrogen) atoms. The molecule has 3 atom stereocenters. The number of carbonyl (C=O) groups excluding carboxylic acids is 4. The van der Waals surface area contributed by atoms with E-state index in [1.54, 1.807) is 13.2 Å². The van der Waals surface area contributed by atoms with Crippen molar-refractivity contribution in [2.75, 3.05) is 55.2 Å². The van der Waals surface area contributed by atoms with Crippen molar-refractivity contribution in [1.29, 1.82) is 0 Å². The molecule has 9 rings (SSSR count). The molecule has 4 aliphatic rings. The standard InChI is InChI=1S/C58H65N5O10S3/c1-8-59-32-50(64)54(76(68,69)71-7)20-22-74-75-58(3,4)21-19-55(65)60-42-25-37(34-72-51-31-49-46(23-36(51)2)57(67)63-44(33-61(49)5)28-41-14-10-12-16-48(41)63)24-38(26-42)35-73-53-29-39-17-18-43-27-40-13-9-11-15-47(40)62(43)56(66)45(39)30-52(53)70-6/h9-16,23-26,29-31,43-44,54,59H,8,17-22,27-28,32,34-35H2,1-7H3,(H,60,65)/t43-,44+,54?/m1/s1. The molecule has 0 saturated heterocycles. The van der Waals surface area contributed by atoms with Crippen molar-refractivity contribution in [3.8, 4) is 17.2 Å². The zero-order valence-corrected chi connectivity index (χ0v) is 46.5. The average molecular weight is 1090 g/mol. The average Bonchev–Trinajstić information content (AvgIpc) is 4.01. The topological polar surface area (TPSA) is 173 Å². The van der Waals surface area contributed by atoms with Gasteiger partial charge in [0.2, 0.25) is 11.8 Å². The minimum atomic E-state index is -4.06. The van der Waals surface area contributed by atoms with Gasteiger partial charge in [-0.1, -0.05) is 71.0 Å². The molecule has 3 amide bonds. The number of hydrogen-bond acceptors (Lipinski definition) is 13. The molecular weight excluding hydrogens is 1020 g/mol. The van der Waals surface area contributed by atoms with Crippen LogP contribution in [0.15, 0.2) is 91.0 Å². The van der Waals surface area contributed by atoms with Gasteiger partial charge in [0, 0.05) is 63.4 Å². The number of nitrogens with one attached hydrogen (secondary N) is 2. The molecule has 400 valence electrons. The van der Waals surface area contributed by atoms with Crippen LogP contribution in [0.25, 0.3) is 0 Å². The second-order valence-corrected chi connectivity index (χ2v) is 25.2. The summed E-state index contributed by atoms with van der Waals surface area (Å²) in [6.07, 6.45) is 7.31. The Labute approximate surface area is 453 Å². The van der Waals surface area contributed by atoms with E-state index in [0.717, 1.165) is 59.1 Å². The van der Waals surface area contributed by atoms with Crippen molar-refractivity contribution in [2.24, 2.45) is 0 Å². The number of ether oxygens (including phenoxy) is 3. The van der Waals surface area contributed by atoms with E-state index in [4.69, 9.17) is 18.4 Å². The molecule has 2 N–H and O–H groups in total. The zero-order valence-electron chi connectivity index (χ0n) is 44.0. The van der Waals surface area contributed by atoms with E-state index >= 15 is 0 Å². The van der Waals surface area contributed by atoms with E-state index in [2.05, 4.69) is 29.0 Å². The van der Waals surface area contributed by atoms with Gasteiger partial charge >= 0.3 is 0 Å². The van der Waals surface area contributed by atoms with Gasteiger partial charge in [-0.05, 0) is 148 Å². The lowest BCUT2D eigenvalue weighted by Gasteiger charge is -2.23. The lowest BCUT2D eigenvalue weighted by Crippen LogP contribution is -2.38. The van der Waals surface area contributed by atoms with Crippen LogP contribution < -0.4 is 34.6 Å². The number of methoxy groups -OCH3 is 1. The molecule has 18 heteroatoms. The van der Waals surface area contributed by atoms with Gasteiger partial charge in [-0.15, -0.1) is 0 Å². The molecule has 0 radical (unpaired) electrons. The molecule has 5 aromatic carbocycles. The quantitative estimate of drug-likeness (QED) is 0.0221. The van der Waals surface area contributed by atoms with Gasteiger partial charge in [0.05, 0.1) is 26.5 Å². The van der Waals surface area contributed by atoms with Crippen molar-refractivity contribution in [1.82, 2.24) is 5.32 Å². The third kappa shape index (κ3) is 11.9. The zero-order chi connectivity index (χ0) is 53.9. The summed E-state index contributed by atoms with van der Waals surface area (Å²) in [6, 6.07) is 29.1. The fourth-order valence-electron chi connectivity index (χ4n) is 10.4. The SMILES string of the molecule is CCNCC(=O)C(CCSSC(C)(C)CCC(=O)Nc1cc(COc2cc3c(cc2C)C(=O)N2c4ccccc4C[C@H]2[C-]=[N+]3C)cc(COc2cc3c(cc2OC)C(=O)N2c4ccccc4C[C@H]2CC3)c1)S(=O)(=O)OC. The van der Waals surface area contributed by atoms with Crippen molar-refractivity contribution in [3.05, 3.63) is 136 Å². The summed E-state index contributed by atoms with van der Waals surface area (Å²) in [5.41, 5.74) is 9.72. The number of hydrogen-bond donors (Lipinski definition) is 2. The van der Waals surface area contributed by atoms with Crippen LogP contribution in [-0.2, 0) is 56.4 Å². The number of anilines is 3. The Kier molecular flexibility index (Phi) is 16.7. The molecule has 4 aliphatic heterocycles. The summed E-state index contributed by atoms with van der Waals surface area (Å²) in [7, 11) is 3.47. The number of amides is 3. The Hall–Kier alpha value is -6.18. The summed E-state index contributed by atoms with van der Waals surface area (Å²) >= 11 is 0. The highest BCUT2D eigenvalue weighted by molar-refractivity contribution is 8.77. The number of fused-ring (bicyclic) bond motifs is 8. The molecule has 0 saturated carbocycles. The maximum Gasteiger partial charge on any atom is 0.277 e. The minimum Gasteiger partial charge on any atom is -0.493 e. The number of rotatable bonds is 22. The first kappa shape index (κ1) is 54.6. The van der Waals surface area contributed by atoms with Crippen LogP contribution in [-0.4, -0.2) is 105 Å². The summed E-state index contributed by atoms with van der Waals surface area (Å²) < 4.78 is 50.4. The van der Waals surface area contributed by atoms with Crippen LogP contribution in [0.1, 0.15) is 101 Å². The first-order valence-corrected chi connectivity index (χ1v) is 29.5. The smallest absolute Gasteiger partial charge is 0.277 e. The van der Waals surface area contributed by atoms with Gasteiger partial charge in [0.1, 0.15) is 31.3 Å². The third-order valence-electron chi connectivity index (χ3n) is 14.4. The second kappa shape index (κ2) is 23.2. The summed E-state index contributed by atoms with van der Waals surface area (Å²) in [5.74, 6) is 1.13. The van der Waals surface area contributed by atoms with Gasteiger partial charge < -0.3 is 39.2 Å². The largest absolute Gasteiger partial charge is 0.493 e. The van der Waals surface area contributed by atoms with E-state index in [9.17, 15) is 27.6 Å². The van der Waals surface area contributed by atoms with Gasteiger partial charge in [-0.2, -0.15) is 8.42 Å². The Balaban J connectivity index is 0.915. The lowest BCUT2D eigenvalue weighted by molar-refractivity contribution is -0.401. The second-order valence-electron chi connectivity index (χ2n) is 20.2. The van der Waals surface area contributed by atoms with E-state index in [1.807, 2.05) is 122 Å². The predicted molar refractivity (Wildman–Crippen MR) is 300 cm³/mol. The number of aryl methyl sites for hydroxylation is 2. The van der Waals surface area contributed by atoms with Crippen LogP contribution in [0, 0.1) is 6.92 Å². The van der Waals surface area contributed by atoms with Gasteiger partial charge in [0.25, 0.3) is 16.0 Å². The molecular formula is C58H65N5O10S3. The lowest BCUT2D eigenvalue weighted by atomic mass is 9.99. The molecule has 0 aliphatic carbocycles. The maximum atomic E-state index is 14.2. The van der Waals surface area contributed by atoms with E-state index in [1.165, 1.54) is 27.2 Å². The van der Waals surface area contributed by atoms with Gasteiger partial charge in [-0.25, -0.2) is 0 Å². The molecule has 0 spiro atoms. The Morgan fingerprint density at radius 3 is 2.21 bits per heavy atom. The summed E-state index contributed by atoms with van der Waals surface area (Å²) in [4.78, 5) is 58.7. The van der Waals surface area contributed by atoms with Crippen molar-refractivity contribution in [2.45, 2.75) is 108 Å². The minimum absolute atomic E-state index is 0.0519. The molecule has 0 fully saturated rings. The van der Waals surface area contributed by atoms with E-state index in [0.29, 0.717) is 71.3 Å². The van der Waals surface area contributed by atoms with Crippen molar-refractivity contribution < 1.29 is 50.6 Å². The van der Waals surface area contributed by atoms with Crippen LogP contribution in [0.4, 0.5) is 22.7 Å². The highest BCUT2D eigenvalue weighted by atomic mass is 33.1. The third-order valence-corrected chi connectivity index (χ3v) is 19.4. The molecule has 4 heterocycles. The number of para-hydroxylation sites is 2. The number of likely N-dealkylation sites (N-methyl/N-ethyl adjacent to an activating group) is 1. The summed E-state index contributed by atoms with van der Waals surface area (Å²) in [6.45, 7) is 8.52. The number of Topliss-reactive ketones (excluding diaryl/α,β-unsaturated/α-hetero) is 1. The number of ketones is 1. The Morgan fingerprint density at radius 1 is 0.842 bits per heavy atom.